The summed E-state index contributed by atoms with van der Waals surface area (Å²) in [6, 6.07) is 11.5. The predicted molar refractivity (Wildman–Crippen MR) is 87.2 cm³/mol. The van der Waals surface area contributed by atoms with Crippen LogP contribution < -0.4 is 5.32 Å². The summed E-state index contributed by atoms with van der Waals surface area (Å²) in [4.78, 5) is 0. The standard InChI is InChI=1S/C18H31NO/c1-5-15(3)18(16-11-8-7-9-12-16)17(19-6-2)13-10-14-20-4/h7-9,11-12,15,17-19H,5-6,10,13-14H2,1-4H3. The summed E-state index contributed by atoms with van der Waals surface area (Å²) < 4.78 is 5.21. The van der Waals surface area contributed by atoms with Gasteiger partial charge in [0, 0.05) is 25.7 Å². The van der Waals surface area contributed by atoms with Crippen LogP contribution in [0.1, 0.15) is 51.5 Å². The van der Waals surface area contributed by atoms with E-state index in [0.29, 0.717) is 17.9 Å². The lowest BCUT2D eigenvalue weighted by Crippen LogP contribution is -2.38. The summed E-state index contributed by atoms with van der Waals surface area (Å²) in [5, 5.41) is 3.70. The fourth-order valence-electron chi connectivity index (χ4n) is 3.00. The van der Waals surface area contributed by atoms with Crippen molar-refractivity contribution in [3.8, 4) is 0 Å². The molecule has 0 aliphatic carbocycles. The molecule has 1 aromatic rings. The van der Waals surface area contributed by atoms with E-state index in [1.54, 1.807) is 7.11 Å². The Morgan fingerprint density at radius 3 is 2.40 bits per heavy atom. The summed E-state index contributed by atoms with van der Waals surface area (Å²) in [5.74, 6) is 1.27. The monoisotopic (exact) mass is 277 g/mol. The molecule has 0 fully saturated rings. The molecule has 0 saturated heterocycles. The molecule has 2 nitrogen and oxygen atoms in total. The molecule has 0 amide bonds. The minimum absolute atomic E-state index is 0.535. The first-order chi connectivity index (χ1) is 9.74. The molecular formula is C18H31NO. The van der Waals surface area contributed by atoms with Gasteiger partial charge in [-0.25, -0.2) is 0 Å². The molecule has 2 heteroatoms. The number of rotatable bonds is 10. The second-order valence-corrected chi connectivity index (χ2v) is 5.62. The Morgan fingerprint density at radius 2 is 1.85 bits per heavy atom. The van der Waals surface area contributed by atoms with Crippen LogP contribution in [0.2, 0.25) is 0 Å². The lowest BCUT2D eigenvalue weighted by molar-refractivity contribution is 0.184. The highest BCUT2D eigenvalue weighted by Crippen LogP contribution is 2.32. The smallest absolute Gasteiger partial charge is 0.0462 e. The molecule has 1 N–H and O–H groups in total. The number of hydrogen-bond donors (Lipinski definition) is 1. The van der Waals surface area contributed by atoms with Crippen LogP contribution in [0, 0.1) is 5.92 Å². The van der Waals surface area contributed by atoms with Crippen LogP contribution in [0.15, 0.2) is 30.3 Å². The Hall–Kier alpha value is -0.860. The van der Waals surface area contributed by atoms with Crippen molar-refractivity contribution in [1.29, 1.82) is 0 Å². The summed E-state index contributed by atoms with van der Waals surface area (Å²) in [5.41, 5.74) is 1.46. The van der Waals surface area contributed by atoms with Crippen LogP contribution in [-0.4, -0.2) is 26.3 Å². The van der Waals surface area contributed by atoms with E-state index in [1.807, 2.05) is 0 Å². The Bertz CT molecular complexity index is 339. The van der Waals surface area contributed by atoms with Crippen LogP contribution in [0.25, 0.3) is 0 Å². The zero-order valence-electron chi connectivity index (χ0n) is 13.6. The van der Waals surface area contributed by atoms with Crippen LogP contribution >= 0.6 is 0 Å². The number of methoxy groups -OCH3 is 1. The average Bonchev–Trinajstić information content (AvgIpc) is 2.48. The first kappa shape index (κ1) is 17.2. The van der Waals surface area contributed by atoms with E-state index in [-0.39, 0.29) is 0 Å². The van der Waals surface area contributed by atoms with Crippen molar-refractivity contribution < 1.29 is 4.74 Å². The fraction of sp³-hybridized carbons (Fsp3) is 0.667. The number of likely N-dealkylation sites (N-methyl/N-ethyl adjacent to an activating group) is 1. The Balaban J connectivity index is 2.87. The maximum Gasteiger partial charge on any atom is 0.0462 e. The van der Waals surface area contributed by atoms with E-state index in [0.717, 1.165) is 19.6 Å². The van der Waals surface area contributed by atoms with Crippen molar-refractivity contribution in [3.63, 3.8) is 0 Å². The van der Waals surface area contributed by atoms with Crippen molar-refractivity contribution in [1.82, 2.24) is 5.32 Å². The van der Waals surface area contributed by atoms with Gasteiger partial charge in [-0.3, -0.25) is 0 Å². The average molecular weight is 277 g/mol. The van der Waals surface area contributed by atoms with Crippen LogP contribution in [0.5, 0.6) is 0 Å². The topological polar surface area (TPSA) is 21.3 Å². The summed E-state index contributed by atoms with van der Waals surface area (Å²) in [6.45, 7) is 8.74. The van der Waals surface area contributed by atoms with Gasteiger partial charge in [0.25, 0.3) is 0 Å². The van der Waals surface area contributed by atoms with Gasteiger partial charge < -0.3 is 10.1 Å². The minimum Gasteiger partial charge on any atom is -0.385 e. The first-order valence-electron chi connectivity index (χ1n) is 8.01. The maximum atomic E-state index is 5.21. The zero-order chi connectivity index (χ0) is 14.8. The molecule has 3 atom stereocenters. The maximum absolute atomic E-state index is 5.21. The lowest BCUT2D eigenvalue weighted by atomic mass is 9.78. The van der Waals surface area contributed by atoms with Crippen molar-refractivity contribution in [2.24, 2.45) is 5.92 Å². The van der Waals surface area contributed by atoms with Crippen LogP contribution in [0.4, 0.5) is 0 Å². The second-order valence-electron chi connectivity index (χ2n) is 5.62. The normalized spacial score (nSPS) is 15.8. The molecule has 3 unspecified atom stereocenters. The van der Waals surface area contributed by atoms with Gasteiger partial charge in [-0.2, -0.15) is 0 Å². The molecular weight excluding hydrogens is 246 g/mol. The summed E-state index contributed by atoms with van der Waals surface area (Å²) in [6.07, 6.45) is 3.51. The molecule has 20 heavy (non-hydrogen) atoms. The molecule has 0 aromatic heterocycles. The van der Waals surface area contributed by atoms with Gasteiger partial charge in [0.15, 0.2) is 0 Å². The van der Waals surface area contributed by atoms with Crippen molar-refractivity contribution in [2.45, 2.75) is 52.0 Å². The van der Waals surface area contributed by atoms with Crippen LogP contribution in [-0.2, 0) is 4.74 Å². The molecule has 1 aromatic carbocycles. The highest BCUT2D eigenvalue weighted by atomic mass is 16.5. The zero-order valence-corrected chi connectivity index (χ0v) is 13.6. The molecule has 0 radical (unpaired) electrons. The fourth-order valence-corrected chi connectivity index (χ4v) is 3.00. The largest absolute Gasteiger partial charge is 0.385 e. The third kappa shape index (κ3) is 5.26. The highest BCUT2D eigenvalue weighted by molar-refractivity contribution is 5.22. The van der Waals surface area contributed by atoms with Gasteiger partial charge in [-0.15, -0.1) is 0 Å². The Morgan fingerprint density at radius 1 is 1.15 bits per heavy atom. The minimum atomic E-state index is 0.535. The Kier molecular flexibility index (Phi) is 8.56. The van der Waals surface area contributed by atoms with E-state index < -0.39 is 0 Å². The molecule has 0 aliphatic rings. The molecule has 0 bridgehead atoms. The van der Waals surface area contributed by atoms with Gasteiger partial charge >= 0.3 is 0 Å². The number of nitrogens with one attached hydrogen (secondary N) is 1. The molecule has 0 saturated carbocycles. The Labute approximate surface area is 124 Å². The molecule has 0 spiro atoms. The van der Waals surface area contributed by atoms with E-state index in [4.69, 9.17) is 4.74 Å². The van der Waals surface area contributed by atoms with E-state index in [2.05, 4.69) is 56.4 Å². The first-order valence-corrected chi connectivity index (χ1v) is 8.01. The lowest BCUT2D eigenvalue weighted by Gasteiger charge is -2.33. The third-order valence-electron chi connectivity index (χ3n) is 4.20. The van der Waals surface area contributed by atoms with E-state index in [1.165, 1.54) is 18.4 Å². The highest BCUT2D eigenvalue weighted by Gasteiger charge is 2.26. The van der Waals surface area contributed by atoms with Crippen LogP contribution in [0.3, 0.4) is 0 Å². The van der Waals surface area contributed by atoms with Crippen molar-refractivity contribution in [2.75, 3.05) is 20.3 Å². The van der Waals surface area contributed by atoms with Crippen molar-refractivity contribution >= 4 is 0 Å². The number of ether oxygens (including phenoxy) is 1. The van der Waals surface area contributed by atoms with Gasteiger partial charge in [0.05, 0.1) is 0 Å². The van der Waals surface area contributed by atoms with Crippen molar-refractivity contribution in [3.05, 3.63) is 35.9 Å². The van der Waals surface area contributed by atoms with Gasteiger partial charge in [-0.1, -0.05) is 57.5 Å². The van der Waals surface area contributed by atoms with Gasteiger partial charge in [0.1, 0.15) is 0 Å². The third-order valence-corrected chi connectivity index (χ3v) is 4.20. The predicted octanol–water partition coefficient (Wildman–Crippen LogP) is 4.22. The molecule has 1 rings (SSSR count). The summed E-state index contributed by atoms with van der Waals surface area (Å²) in [7, 11) is 1.78. The summed E-state index contributed by atoms with van der Waals surface area (Å²) >= 11 is 0. The SMILES string of the molecule is CCNC(CCCOC)C(c1ccccc1)C(C)CC. The number of hydrogen-bond acceptors (Lipinski definition) is 2. The van der Waals surface area contributed by atoms with Gasteiger partial charge in [-0.05, 0) is 30.9 Å². The van der Waals surface area contributed by atoms with Gasteiger partial charge in [0.2, 0.25) is 0 Å². The van der Waals surface area contributed by atoms with E-state index in [9.17, 15) is 0 Å². The van der Waals surface area contributed by atoms with E-state index >= 15 is 0 Å². The quantitative estimate of drug-likeness (QED) is 0.646. The molecule has 0 aliphatic heterocycles. The molecule has 0 heterocycles. The molecule has 114 valence electrons. The second kappa shape index (κ2) is 9.95. The number of benzene rings is 1.